The number of rotatable bonds is 5. The van der Waals surface area contributed by atoms with E-state index in [1.807, 2.05) is 6.92 Å². The van der Waals surface area contributed by atoms with Crippen molar-refractivity contribution in [3.05, 3.63) is 33.7 Å². The summed E-state index contributed by atoms with van der Waals surface area (Å²) in [7, 11) is 0. The van der Waals surface area contributed by atoms with Crippen molar-refractivity contribution in [3.8, 4) is 12.3 Å². The topological polar surface area (TPSA) is 46.9 Å². The molecular formula is C12H14BrN3O. The van der Waals surface area contributed by atoms with Crippen LogP contribution in [0.25, 0.3) is 0 Å². The number of nitrogens with one attached hydrogen (secondary N) is 1. The van der Waals surface area contributed by atoms with Crippen LogP contribution < -0.4 is 10.9 Å². The number of hydrogen-bond acceptors (Lipinski definition) is 3. The minimum absolute atomic E-state index is 0.0905. The Morgan fingerprint density at radius 1 is 1.82 bits per heavy atom. The summed E-state index contributed by atoms with van der Waals surface area (Å²) in [6, 6.07) is 0.0905. The predicted octanol–water partition coefficient (Wildman–Crippen LogP) is 2.02. The summed E-state index contributed by atoms with van der Waals surface area (Å²) in [6.07, 6.45) is 9.03. The van der Waals surface area contributed by atoms with E-state index in [1.54, 1.807) is 12.3 Å². The van der Waals surface area contributed by atoms with E-state index < -0.39 is 0 Å². The molecule has 0 aliphatic heterocycles. The van der Waals surface area contributed by atoms with Crippen LogP contribution >= 0.6 is 15.9 Å². The van der Waals surface area contributed by atoms with E-state index in [0.717, 1.165) is 0 Å². The van der Waals surface area contributed by atoms with Gasteiger partial charge in [-0.3, -0.25) is 4.79 Å². The SMILES string of the molecule is C#CCC(C)Nc1cnn(CC=C)c(=O)c1Br. The Bertz CT molecular complexity index is 501. The van der Waals surface area contributed by atoms with Crippen LogP contribution in [0.4, 0.5) is 5.69 Å². The third-order valence-corrected chi connectivity index (χ3v) is 2.88. The van der Waals surface area contributed by atoms with Crippen LogP contribution in [0, 0.1) is 12.3 Å². The van der Waals surface area contributed by atoms with Gasteiger partial charge >= 0.3 is 0 Å². The average Bonchev–Trinajstić information content (AvgIpc) is 2.29. The van der Waals surface area contributed by atoms with Crippen LogP contribution in [0.15, 0.2) is 28.1 Å². The van der Waals surface area contributed by atoms with Crippen LogP contribution in [0.1, 0.15) is 13.3 Å². The number of hydrogen-bond donors (Lipinski definition) is 1. The van der Waals surface area contributed by atoms with Gasteiger partial charge in [-0.05, 0) is 22.9 Å². The second kappa shape index (κ2) is 6.26. The summed E-state index contributed by atoms with van der Waals surface area (Å²) in [5, 5.41) is 7.16. The molecule has 0 saturated carbocycles. The van der Waals surface area contributed by atoms with Gasteiger partial charge in [0.2, 0.25) is 0 Å². The van der Waals surface area contributed by atoms with Crippen molar-refractivity contribution in [1.82, 2.24) is 9.78 Å². The van der Waals surface area contributed by atoms with Crippen LogP contribution in [-0.2, 0) is 6.54 Å². The van der Waals surface area contributed by atoms with Gasteiger partial charge in [-0.15, -0.1) is 18.9 Å². The van der Waals surface area contributed by atoms with Gasteiger partial charge in [0.25, 0.3) is 5.56 Å². The summed E-state index contributed by atoms with van der Waals surface area (Å²) < 4.78 is 1.78. The van der Waals surface area contributed by atoms with E-state index in [2.05, 4.69) is 38.8 Å². The Morgan fingerprint density at radius 2 is 2.53 bits per heavy atom. The second-order valence-corrected chi connectivity index (χ2v) is 4.39. The van der Waals surface area contributed by atoms with E-state index >= 15 is 0 Å². The predicted molar refractivity (Wildman–Crippen MR) is 72.9 cm³/mol. The van der Waals surface area contributed by atoms with Crippen LogP contribution in [0.3, 0.4) is 0 Å². The summed E-state index contributed by atoms with van der Waals surface area (Å²) >= 11 is 3.26. The van der Waals surface area contributed by atoms with Gasteiger partial charge in [0.05, 0.1) is 18.4 Å². The van der Waals surface area contributed by atoms with Crippen molar-refractivity contribution in [2.24, 2.45) is 0 Å². The molecular weight excluding hydrogens is 282 g/mol. The Morgan fingerprint density at radius 3 is 3.12 bits per heavy atom. The van der Waals surface area contributed by atoms with E-state index in [1.165, 1.54) is 4.68 Å². The molecule has 1 heterocycles. The summed E-state index contributed by atoms with van der Waals surface area (Å²) in [4.78, 5) is 11.8. The molecule has 0 amide bonds. The highest BCUT2D eigenvalue weighted by atomic mass is 79.9. The molecule has 1 aromatic rings. The number of allylic oxidation sites excluding steroid dienone is 1. The molecule has 0 fully saturated rings. The molecule has 0 aliphatic rings. The standard InChI is InChI=1S/C12H14BrN3O/c1-4-6-9(3)15-10-8-14-16(7-5-2)12(17)11(10)13/h1,5,8-9,15H,2,6-7H2,3H3. The fourth-order valence-electron chi connectivity index (χ4n) is 1.31. The highest BCUT2D eigenvalue weighted by Gasteiger charge is 2.09. The quantitative estimate of drug-likeness (QED) is 0.668. The molecule has 0 aliphatic carbocycles. The first-order valence-corrected chi connectivity index (χ1v) is 5.96. The van der Waals surface area contributed by atoms with Gasteiger partial charge < -0.3 is 5.32 Å². The molecule has 17 heavy (non-hydrogen) atoms. The van der Waals surface area contributed by atoms with Gasteiger partial charge in [0.15, 0.2) is 0 Å². The number of nitrogens with zero attached hydrogens (tertiary/aromatic N) is 2. The van der Waals surface area contributed by atoms with Crippen molar-refractivity contribution in [1.29, 1.82) is 0 Å². The first-order chi connectivity index (χ1) is 8.10. The lowest BCUT2D eigenvalue weighted by atomic mass is 10.2. The Balaban J connectivity index is 2.97. The molecule has 1 unspecified atom stereocenters. The number of terminal acetylenes is 1. The molecule has 0 bridgehead atoms. The zero-order chi connectivity index (χ0) is 12.8. The van der Waals surface area contributed by atoms with Gasteiger partial charge in [-0.25, -0.2) is 4.68 Å². The van der Waals surface area contributed by atoms with E-state index in [-0.39, 0.29) is 11.6 Å². The Hall–Kier alpha value is -1.54. The van der Waals surface area contributed by atoms with Crippen LogP contribution in [0.2, 0.25) is 0 Å². The van der Waals surface area contributed by atoms with Crippen molar-refractivity contribution in [2.45, 2.75) is 25.9 Å². The molecule has 5 heteroatoms. The molecule has 1 N–H and O–H groups in total. The molecule has 1 atom stereocenters. The van der Waals surface area contributed by atoms with Crippen LogP contribution in [-0.4, -0.2) is 15.8 Å². The molecule has 0 aromatic carbocycles. The monoisotopic (exact) mass is 295 g/mol. The lowest BCUT2D eigenvalue weighted by molar-refractivity contribution is 0.647. The van der Waals surface area contributed by atoms with Crippen molar-refractivity contribution in [3.63, 3.8) is 0 Å². The second-order valence-electron chi connectivity index (χ2n) is 3.60. The normalized spacial score (nSPS) is 11.6. The Labute approximate surface area is 109 Å². The minimum atomic E-state index is -0.192. The number of aromatic nitrogens is 2. The summed E-state index contributed by atoms with van der Waals surface area (Å²) in [5.41, 5.74) is 0.459. The largest absolute Gasteiger partial charge is 0.379 e. The number of anilines is 1. The molecule has 0 saturated heterocycles. The minimum Gasteiger partial charge on any atom is -0.379 e. The van der Waals surface area contributed by atoms with Gasteiger partial charge in [-0.2, -0.15) is 5.10 Å². The van der Waals surface area contributed by atoms with Crippen molar-refractivity contribution >= 4 is 21.6 Å². The maximum atomic E-state index is 11.8. The van der Waals surface area contributed by atoms with Crippen LogP contribution in [0.5, 0.6) is 0 Å². The lowest BCUT2D eigenvalue weighted by Gasteiger charge is -2.14. The van der Waals surface area contributed by atoms with Gasteiger partial charge in [0, 0.05) is 12.5 Å². The highest BCUT2D eigenvalue weighted by Crippen LogP contribution is 2.17. The fourth-order valence-corrected chi connectivity index (χ4v) is 1.73. The summed E-state index contributed by atoms with van der Waals surface area (Å²) in [6.45, 7) is 5.90. The molecule has 4 nitrogen and oxygen atoms in total. The first-order valence-electron chi connectivity index (χ1n) is 5.16. The zero-order valence-corrected chi connectivity index (χ0v) is 11.2. The highest BCUT2D eigenvalue weighted by molar-refractivity contribution is 9.10. The maximum Gasteiger partial charge on any atom is 0.283 e. The van der Waals surface area contributed by atoms with E-state index in [4.69, 9.17) is 6.42 Å². The third kappa shape index (κ3) is 3.46. The molecule has 1 aromatic heterocycles. The third-order valence-electron chi connectivity index (χ3n) is 2.11. The van der Waals surface area contributed by atoms with Crippen molar-refractivity contribution in [2.75, 3.05) is 5.32 Å². The van der Waals surface area contributed by atoms with E-state index in [9.17, 15) is 4.79 Å². The first kappa shape index (κ1) is 13.5. The van der Waals surface area contributed by atoms with Gasteiger partial charge in [-0.1, -0.05) is 6.08 Å². The van der Waals surface area contributed by atoms with Gasteiger partial charge in [0.1, 0.15) is 4.47 Å². The molecule has 1 rings (SSSR count). The van der Waals surface area contributed by atoms with E-state index in [0.29, 0.717) is 23.1 Å². The molecule has 0 radical (unpaired) electrons. The lowest BCUT2D eigenvalue weighted by Crippen LogP contribution is -2.25. The summed E-state index contributed by atoms with van der Waals surface area (Å²) in [5.74, 6) is 2.56. The Kier molecular flexibility index (Phi) is 4.98. The molecule has 90 valence electrons. The maximum absolute atomic E-state index is 11.8. The zero-order valence-electron chi connectivity index (χ0n) is 9.61. The average molecular weight is 296 g/mol. The number of halogens is 1. The fraction of sp³-hybridized carbons (Fsp3) is 0.333. The molecule has 0 spiro atoms. The van der Waals surface area contributed by atoms with Crippen molar-refractivity contribution < 1.29 is 0 Å². The smallest absolute Gasteiger partial charge is 0.283 e.